The van der Waals surface area contributed by atoms with E-state index < -0.39 is 5.97 Å². The number of methoxy groups -OCH3 is 1. The van der Waals surface area contributed by atoms with Crippen LogP contribution in [0.1, 0.15) is 16.8 Å². The van der Waals surface area contributed by atoms with Crippen LogP contribution in [0.4, 0.5) is 0 Å². The maximum absolute atomic E-state index is 12.3. The molecule has 6 heteroatoms. The van der Waals surface area contributed by atoms with Gasteiger partial charge in [0.05, 0.1) is 36.5 Å². The van der Waals surface area contributed by atoms with Crippen LogP contribution in [0, 0.1) is 0 Å². The molecule has 0 fully saturated rings. The molecule has 0 aliphatic carbocycles. The van der Waals surface area contributed by atoms with Crippen LogP contribution in [-0.2, 0) is 11.3 Å². The van der Waals surface area contributed by atoms with Crippen molar-refractivity contribution in [3.63, 3.8) is 0 Å². The maximum atomic E-state index is 12.3. The van der Waals surface area contributed by atoms with Crippen LogP contribution in [0.3, 0.4) is 0 Å². The normalized spacial score (nSPS) is 10.6. The molecular formula is C19H18N2O4. The van der Waals surface area contributed by atoms with Gasteiger partial charge in [-0.05, 0) is 36.8 Å². The number of fused-ring (bicyclic) bond motifs is 1. The maximum Gasteiger partial charge on any atom is 0.338 e. The number of nitrogens with zero attached hydrogens (tertiary/aromatic N) is 2. The molecule has 6 nitrogen and oxygen atoms in total. The molecule has 1 aromatic heterocycles. The predicted octanol–water partition coefficient (Wildman–Crippen LogP) is 2.65. The first kappa shape index (κ1) is 16.7. The predicted molar refractivity (Wildman–Crippen MR) is 93.9 cm³/mol. The highest BCUT2D eigenvalue weighted by atomic mass is 16.5. The van der Waals surface area contributed by atoms with Crippen LogP contribution < -0.4 is 10.3 Å². The van der Waals surface area contributed by atoms with Crippen LogP contribution in [0.25, 0.3) is 10.9 Å². The van der Waals surface area contributed by atoms with Crippen LogP contribution in [0.2, 0.25) is 0 Å². The monoisotopic (exact) mass is 338 g/mol. The Hall–Kier alpha value is -3.15. The Balaban J connectivity index is 1.57. The molecule has 3 rings (SSSR count). The van der Waals surface area contributed by atoms with E-state index in [1.165, 1.54) is 10.9 Å². The molecule has 0 spiro atoms. The van der Waals surface area contributed by atoms with Gasteiger partial charge in [0, 0.05) is 6.54 Å². The third kappa shape index (κ3) is 3.85. The molecule has 3 aromatic rings. The third-order valence-corrected chi connectivity index (χ3v) is 3.81. The van der Waals surface area contributed by atoms with Gasteiger partial charge in [-0.2, -0.15) is 0 Å². The average molecular weight is 338 g/mol. The molecular weight excluding hydrogens is 320 g/mol. The summed E-state index contributed by atoms with van der Waals surface area (Å²) < 4.78 is 11.9. The van der Waals surface area contributed by atoms with Gasteiger partial charge in [0.15, 0.2) is 0 Å². The van der Waals surface area contributed by atoms with E-state index in [0.29, 0.717) is 35.2 Å². The van der Waals surface area contributed by atoms with E-state index in [4.69, 9.17) is 9.47 Å². The minimum Gasteiger partial charge on any atom is -0.497 e. The number of carbonyl (C=O) groups is 1. The summed E-state index contributed by atoms with van der Waals surface area (Å²) in [6.45, 7) is 0.650. The number of hydrogen-bond acceptors (Lipinski definition) is 5. The number of ether oxygens (including phenoxy) is 2. The Bertz CT molecular complexity index is 949. The SMILES string of the molecule is COc1cccc(C(=O)OCCCn2cnc3ccccc3c2=O)c1. The van der Waals surface area contributed by atoms with Crippen molar-refractivity contribution in [3.8, 4) is 5.75 Å². The number of rotatable bonds is 6. The van der Waals surface area contributed by atoms with Crippen molar-refractivity contribution in [3.05, 3.63) is 70.8 Å². The van der Waals surface area contributed by atoms with Crippen LogP contribution in [-0.4, -0.2) is 29.2 Å². The Labute approximate surface area is 144 Å². The molecule has 25 heavy (non-hydrogen) atoms. The molecule has 0 saturated heterocycles. The lowest BCUT2D eigenvalue weighted by molar-refractivity contribution is 0.0495. The van der Waals surface area contributed by atoms with Crippen molar-refractivity contribution < 1.29 is 14.3 Å². The van der Waals surface area contributed by atoms with Gasteiger partial charge in [-0.25, -0.2) is 9.78 Å². The Morgan fingerprint density at radius 2 is 2.00 bits per heavy atom. The molecule has 0 aliphatic heterocycles. The van der Waals surface area contributed by atoms with E-state index in [0.717, 1.165) is 0 Å². The summed E-state index contributed by atoms with van der Waals surface area (Å²) in [7, 11) is 1.54. The molecule has 0 unspecified atom stereocenters. The fraction of sp³-hybridized carbons (Fsp3) is 0.211. The summed E-state index contributed by atoms with van der Waals surface area (Å²) >= 11 is 0. The number of para-hydroxylation sites is 1. The van der Waals surface area contributed by atoms with Crippen LogP contribution in [0.5, 0.6) is 5.75 Å². The zero-order valence-electron chi connectivity index (χ0n) is 13.8. The van der Waals surface area contributed by atoms with E-state index in [1.807, 2.05) is 12.1 Å². The topological polar surface area (TPSA) is 70.4 Å². The summed E-state index contributed by atoms with van der Waals surface area (Å²) in [5, 5.41) is 0.582. The minimum atomic E-state index is -0.414. The first-order chi connectivity index (χ1) is 12.2. The van der Waals surface area contributed by atoms with Gasteiger partial charge >= 0.3 is 5.97 Å². The molecule has 0 saturated carbocycles. The number of hydrogen-bond donors (Lipinski definition) is 0. The van der Waals surface area contributed by atoms with Gasteiger partial charge in [0.25, 0.3) is 5.56 Å². The van der Waals surface area contributed by atoms with Crippen molar-refractivity contribution in [1.82, 2.24) is 9.55 Å². The van der Waals surface area contributed by atoms with Gasteiger partial charge in [-0.3, -0.25) is 9.36 Å². The third-order valence-electron chi connectivity index (χ3n) is 3.81. The fourth-order valence-corrected chi connectivity index (χ4v) is 2.50. The van der Waals surface area contributed by atoms with Gasteiger partial charge < -0.3 is 9.47 Å². The van der Waals surface area contributed by atoms with Gasteiger partial charge in [-0.1, -0.05) is 18.2 Å². The summed E-state index contributed by atoms with van der Waals surface area (Å²) in [5.41, 5.74) is 1.02. The molecule has 0 N–H and O–H groups in total. The lowest BCUT2D eigenvalue weighted by atomic mass is 10.2. The highest BCUT2D eigenvalue weighted by molar-refractivity contribution is 5.89. The largest absolute Gasteiger partial charge is 0.497 e. The van der Waals surface area contributed by atoms with Crippen molar-refractivity contribution in [2.24, 2.45) is 0 Å². The van der Waals surface area contributed by atoms with E-state index in [2.05, 4.69) is 4.98 Å². The van der Waals surface area contributed by atoms with Crippen molar-refractivity contribution in [2.75, 3.05) is 13.7 Å². The number of aryl methyl sites for hydroxylation is 1. The quantitative estimate of drug-likeness (QED) is 0.510. The van der Waals surface area contributed by atoms with E-state index >= 15 is 0 Å². The summed E-state index contributed by atoms with van der Waals surface area (Å²) in [5.74, 6) is 0.186. The molecule has 0 atom stereocenters. The number of aromatic nitrogens is 2. The molecule has 0 amide bonds. The zero-order chi connectivity index (χ0) is 17.6. The Morgan fingerprint density at radius 3 is 2.84 bits per heavy atom. The van der Waals surface area contributed by atoms with E-state index in [1.54, 1.807) is 43.5 Å². The highest BCUT2D eigenvalue weighted by Gasteiger charge is 2.08. The van der Waals surface area contributed by atoms with E-state index in [-0.39, 0.29) is 12.2 Å². The summed E-state index contributed by atoms with van der Waals surface area (Å²) in [4.78, 5) is 28.6. The minimum absolute atomic E-state index is 0.0928. The van der Waals surface area contributed by atoms with E-state index in [9.17, 15) is 9.59 Å². The molecule has 128 valence electrons. The summed E-state index contributed by atoms with van der Waals surface area (Å²) in [6, 6.07) is 14.0. The molecule has 0 radical (unpaired) electrons. The molecule has 0 bridgehead atoms. The standard InChI is InChI=1S/C19H18N2O4/c1-24-15-7-4-6-14(12-15)19(23)25-11-5-10-21-13-20-17-9-3-2-8-16(17)18(21)22/h2-4,6-9,12-13H,5,10-11H2,1H3. The fourth-order valence-electron chi connectivity index (χ4n) is 2.50. The second kappa shape index (κ2) is 7.61. The second-order valence-electron chi connectivity index (χ2n) is 5.48. The molecule has 0 aliphatic rings. The second-order valence-corrected chi connectivity index (χ2v) is 5.48. The Kier molecular flexibility index (Phi) is 5.09. The molecule has 1 heterocycles. The lowest BCUT2D eigenvalue weighted by Gasteiger charge is -2.08. The lowest BCUT2D eigenvalue weighted by Crippen LogP contribution is -2.21. The number of benzene rings is 2. The van der Waals surface area contributed by atoms with Crippen LogP contribution >= 0.6 is 0 Å². The zero-order valence-corrected chi connectivity index (χ0v) is 13.8. The average Bonchev–Trinajstić information content (AvgIpc) is 2.66. The van der Waals surface area contributed by atoms with Gasteiger partial charge in [0.2, 0.25) is 0 Å². The molecule has 2 aromatic carbocycles. The number of esters is 1. The van der Waals surface area contributed by atoms with Crippen molar-refractivity contribution in [2.45, 2.75) is 13.0 Å². The van der Waals surface area contributed by atoms with Crippen LogP contribution in [0.15, 0.2) is 59.7 Å². The van der Waals surface area contributed by atoms with Gasteiger partial charge in [0.1, 0.15) is 5.75 Å². The highest BCUT2D eigenvalue weighted by Crippen LogP contribution is 2.13. The van der Waals surface area contributed by atoms with Crippen molar-refractivity contribution in [1.29, 1.82) is 0 Å². The Morgan fingerprint density at radius 1 is 1.16 bits per heavy atom. The van der Waals surface area contributed by atoms with Crippen molar-refractivity contribution >= 4 is 16.9 Å². The number of carbonyl (C=O) groups excluding carboxylic acids is 1. The first-order valence-corrected chi connectivity index (χ1v) is 7.94. The van der Waals surface area contributed by atoms with Gasteiger partial charge in [-0.15, -0.1) is 0 Å². The summed E-state index contributed by atoms with van der Waals surface area (Å²) in [6.07, 6.45) is 2.05. The smallest absolute Gasteiger partial charge is 0.338 e. The first-order valence-electron chi connectivity index (χ1n) is 7.94.